The summed E-state index contributed by atoms with van der Waals surface area (Å²) in [5.74, 6) is -1.95. The molecule has 18 heteroatoms. The number of rotatable bonds is 27. The number of urea groups is 1. The molecule has 1 aromatic carbocycles. The van der Waals surface area contributed by atoms with Crippen LogP contribution in [-0.2, 0) is 52.9 Å². The Balaban J connectivity index is 0.995. The lowest BCUT2D eigenvalue weighted by Crippen LogP contribution is -2.42. The number of allylic oxidation sites excluding steroid dienone is 1. The van der Waals surface area contributed by atoms with E-state index >= 15 is 0 Å². The number of hydrogen-bond donors (Lipinski definition) is 4. The van der Waals surface area contributed by atoms with Crippen molar-refractivity contribution in [2.45, 2.75) is 94.8 Å². The zero-order valence-electron chi connectivity index (χ0n) is 31.3. The predicted molar refractivity (Wildman–Crippen MR) is 200 cm³/mol. The number of esters is 1. The Bertz CT molecular complexity index is 1530. The maximum atomic E-state index is 13.8. The van der Waals surface area contributed by atoms with Crippen molar-refractivity contribution in [1.29, 1.82) is 0 Å². The van der Waals surface area contributed by atoms with Crippen LogP contribution < -0.4 is 21.3 Å². The molecule has 4 N–H and O–H groups in total. The molecule has 0 radical (unpaired) electrons. The summed E-state index contributed by atoms with van der Waals surface area (Å²) in [7, 11) is 0. The van der Waals surface area contributed by atoms with Crippen molar-refractivity contribution in [2.75, 3.05) is 51.9 Å². The minimum absolute atomic E-state index is 0.00536. The molecule has 0 spiro atoms. The maximum Gasteiger partial charge on any atom is 0.329 e. The minimum Gasteiger partial charge on any atom is -0.457 e. The highest BCUT2D eigenvalue weighted by atomic mass is 32.2. The summed E-state index contributed by atoms with van der Waals surface area (Å²) in [6.45, 7) is 4.87. The van der Waals surface area contributed by atoms with E-state index in [1.165, 1.54) is 10.8 Å². The minimum atomic E-state index is -1.19. The third-order valence-corrected chi connectivity index (χ3v) is 10.3. The topological polar surface area (TPSA) is 184 Å². The van der Waals surface area contributed by atoms with Crippen molar-refractivity contribution >= 4 is 35.6 Å². The number of hydrogen-bond acceptors (Lipinski definition) is 11. The molecule has 2 saturated heterocycles. The molecule has 2 aromatic rings. The first kappa shape index (κ1) is 43.6. The number of fused-ring (bicyclic) bond motifs is 1. The van der Waals surface area contributed by atoms with Gasteiger partial charge in [-0.15, -0.1) is 5.10 Å². The van der Waals surface area contributed by atoms with E-state index < -0.39 is 29.6 Å². The van der Waals surface area contributed by atoms with Gasteiger partial charge in [0.15, 0.2) is 0 Å². The van der Waals surface area contributed by atoms with Gasteiger partial charge in [-0.1, -0.05) is 37.5 Å². The number of aromatic nitrogens is 3. The molecule has 0 unspecified atom stereocenters. The monoisotopic (exact) mass is 793 g/mol. The van der Waals surface area contributed by atoms with Crippen LogP contribution in [0.4, 0.5) is 13.6 Å². The van der Waals surface area contributed by atoms with Crippen LogP contribution in [0.3, 0.4) is 0 Å². The molecule has 55 heavy (non-hydrogen) atoms. The molecule has 15 nitrogen and oxygen atoms in total. The number of carbonyl (C=O) groups is 4. The summed E-state index contributed by atoms with van der Waals surface area (Å²) < 4.78 is 51.1. The fourth-order valence-corrected chi connectivity index (χ4v) is 7.52. The Labute approximate surface area is 324 Å². The second-order valence-corrected chi connectivity index (χ2v) is 14.5. The Kier molecular flexibility index (Phi) is 19.3. The molecule has 4 amide bonds. The highest BCUT2D eigenvalue weighted by Gasteiger charge is 2.42. The number of nitrogens with one attached hydrogen (secondary N) is 4. The van der Waals surface area contributed by atoms with Crippen LogP contribution in [0.25, 0.3) is 0 Å². The van der Waals surface area contributed by atoms with Crippen LogP contribution in [0.1, 0.15) is 63.1 Å². The quantitative estimate of drug-likeness (QED) is 0.0452. The number of amides is 4. The van der Waals surface area contributed by atoms with E-state index in [1.807, 2.05) is 18.7 Å². The predicted octanol–water partition coefficient (Wildman–Crippen LogP) is 2.97. The summed E-state index contributed by atoms with van der Waals surface area (Å²) >= 11 is 1.88. The summed E-state index contributed by atoms with van der Waals surface area (Å²) in [6, 6.07) is 2.07. The highest BCUT2D eigenvalue weighted by Crippen LogP contribution is 2.33. The van der Waals surface area contributed by atoms with Gasteiger partial charge in [0.1, 0.15) is 30.0 Å². The molecule has 0 aliphatic carbocycles. The highest BCUT2D eigenvalue weighted by molar-refractivity contribution is 8.00. The van der Waals surface area contributed by atoms with Gasteiger partial charge in [-0.2, -0.15) is 11.8 Å². The lowest BCUT2D eigenvalue weighted by molar-refractivity contribution is -0.148. The van der Waals surface area contributed by atoms with E-state index in [9.17, 15) is 28.0 Å². The largest absolute Gasteiger partial charge is 0.457 e. The number of unbranched alkanes of at least 4 members (excludes halogenated alkanes) is 3. The van der Waals surface area contributed by atoms with Crippen molar-refractivity contribution < 1.29 is 46.9 Å². The molecular formula is C37H53F2N7O8S. The second-order valence-electron chi connectivity index (χ2n) is 13.2. The van der Waals surface area contributed by atoms with Gasteiger partial charge < -0.3 is 40.2 Å². The Morgan fingerprint density at radius 2 is 1.76 bits per heavy atom. The molecule has 4 rings (SSSR count). The molecule has 0 bridgehead atoms. The normalized spacial score (nSPS) is 18.2. The standard InChI is InChI=1S/C37H53F2N7O8S/c1-2-3-4-5-10-34(48)41-30(21-26-19-27(38)22-28(39)20-26)36(49)54-24-29-23-46(45-44-29)12-14-52-16-18-53-17-15-51-13-11-40-33(47)9-7-6-8-32-35-31(25-55-32)42-37(50)43-35/h5,10,19-20,22-23,30-32,35H,2-4,6-9,11-18,21,24-25H2,1H3,(H,40,47)(H,41,48)(H2,42,43,50)/b10-5+/t30-,31-,32-,35-/m0/s1. The van der Waals surface area contributed by atoms with Gasteiger partial charge in [0.2, 0.25) is 11.8 Å². The molecule has 1 aromatic heterocycles. The smallest absolute Gasteiger partial charge is 0.329 e. The fraction of sp³-hybridized carbons (Fsp3) is 0.622. The van der Waals surface area contributed by atoms with Crippen LogP contribution >= 0.6 is 11.8 Å². The maximum absolute atomic E-state index is 13.8. The molecule has 2 aliphatic rings. The first-order valence-corrected chi connectivity index (χ1v) is 19.9. The molecule has 304 valence electrons. The van der Waals surface area contributed by atoms with Gasteiger partial charge in [0, 0.05) is 36.5 Å². The average molecular weight is 794 g/mol. The molecule has 2 aliphatic heterocycles. The van der Waals surface area contributed by atoms with Crippen molar-refractivity contribution in [3.8, 4) is 0 Å². The average Bonchev–Trinajstić information content (AvgIpc) is 3.87. The van der Waals surface area contributed by atoms with E-state index in [1.54, 1.807) is 12.3 Å². The lowest BCUT2D eigenvalue weighted by Gasteiger charge is -2.17. The molecule has 3 heterocycles. The Hall–Kier alpha value is -4.13. The lowest BCUT2D eigenvalue weighted by atomic mass is 10.0. The first-order valence-electron chi connectivity index (χ1n) is 18.9. The number of nitrogens with zero attached hydrogens (tertiary/aromatic N) is 3. The van der Waals surface area contributed by atoms with E-state index in [0.29, 0.717) is 76.5 Å². The van der Waals surface area contributed by atoms with E-state index in [4.69, 9.17) is 18.9 Å². The molecule has 4 atom stereocenters. The SMILES string of the molecule is CCCC/C=C/C(=O)N[C@@H](Cc1cc(F)cc(F)c1)C(=O)OCc1cn(CCOCCOCCOCCNC(=O)CCCC[C@@H]2SC[C@@H]3NC(=O)N[C@@H]32)nn1. The number of thioether (sulfide) groups is 1. The van der Waals surface area contributed by atoms with Gasteiger partial charge in [-0.05, 0) is 43.0 Å². The first-order chi connectivity index (χ1) is 26.7. The summed E-state index contributed by atoms with van der Waals surface area (Å²) in [5.41, 5.74) is 0.554. The summed E-state index contributed by atoms with van der Waals surface area (Å²) in [6.07, 6.45) is 10.2. The van der Waals surface area contributed by atoms with Gasteiger partial charge in [-0.25, -0.2) is 23.1 Å². The third-order valence-electron chi connectivity index (χ3n) is 8.76. The zero-order chi connectivity index (χ0) is 39.3. The molecule has 0 saturated carbocycles. The molecule has 2 fully saturated rings. The third kappa shape index (κ3) is 16.6. The fourth-order valence-electron chi connectivity index (χ4n) is 5.97. The van der Waals surface area contributed by atoms with Crippen LogP contribution in [0.15, 0.2) is 36.5 Å². The number of halogens is 2. The van der Waals surface area contributed by atoms with Gasteiger partial charge in [-0.3, -0.25) is 9.59 Å². The van der Waals surface area contributed by atoms with Crippen LogP contribution in [0.5, 0.6) is 0 Å². The van der Waals surface area contributed by atoms with Crippen LogP contribution in [0, 0.1) is 11.6 Å². The Morgan fingerprint density at radius 1 is 1.02 bits per heavy atom. The zero-order valence-corrected chi connectivity index (χ0v) is 32.1. The van der Waals surface area contributed by atoms with Crippen molar-refractivity contribution in [1.82, 2.24) is 36.3 Å². The van der Waals surface area contributed by atoms with Crippen LogP contribution in [-0.4, -0.2) is 114 Å². The van der Waals surface area contributed by atoms with Crippen molar-refractivity contribution in [2.24, 2.45) is 0 Å². The van der Waals surface area contributed by atoms with E-state index in [0.717, 1.165) is 56.1 Å². The Morgan fingerprint density at radius 3 is 2.53 bits per heavy atom. The van der Waals surface area contributed by atoms with Crippen molar-refractivity contribution in [3.63, 3.8) is 0 Å². The summed E-state index contributed by atoms with van der Waals surface area (Å²) in [4.78, 5) is 49.0. The molecular weight excluding hydrogens is 741 g/mol. The van der Waals surface area contributed by atoms with Crippen molar-refractivity contribution in [3.05, 3.63) is 59.4 Å². The van der Waals surface area contributed by atoms with E-state index in [2.05, 4.69) is 31.6 Å². The van der Waals surface area contributed by atoms with Gasteiger partial charge >= 0.3 is 12.0 Å². The van der Waals surface area contributed by atoms with Gasteiger partial charge in [0.05, 0.1) is 64.5 Å². The van der Waals surface area contributed by atoms with Gasteiger partial charge in [0.25, 0.3) is 0 Å². The number of carbonyl (C=O) groups excluding carboxylic acids is 4. The van der Waals surface area contributed by atoms with E-state index in [-0.39, 0.29) is 42.6 Å². The number of benzene rings is 1. The summed E-state index contributed by atoms with van der Waals surface area (Å²) in [5, 5.41) is 19.8. The number of ether oxygens (including phenoxy) is 4. The second kappa shape index (κ2) is 24.4. The van der Waals surface area contributed by atoms with Crippen LogP contribution in [0.2, 0.25) is 0 Å².